The molecule has 0 N–H and O–H groups in total. The lowest BCUT2D eigenvalue weighted by Gasteiger charge is -2.22. The number of ether oxygens (including phenoxy) is 2. The molecular formula is C36H30O2. The largest absolute Gasteiger partial charge is 0.495 e. The van der Waals surface area contributed by atoms with E-state index in [0.717, 1.165) is 66.4 Å². The number of fused-ring (bicyclic) bond motifs is 2. The van der Waals surface area contributed by atoms with Gasteiger partial charge in [-0.05, 0) is 58.7 Å². The van der Waals surface area contributed by atoms with Crippen molar-refractivity contribution in [3.05, 3.63) is 120 Å². The molecule has 2 nitrogen and oxygen atoms in total. The predicted molar refractivity (Wildman–Crippen MR) is 160 cm³/mol. The van der Waals surface area contributed by atoms with Crippen LogP contribution >= 0.6 is 0 Å². The van der Waals surface area contributed by atoms with Crippen LogP contribution in [-0.2, 0) is 0 Å². The van der Waals surface area contributed by atoms with Gasteiger partial charge in [0.1, 0.15) is 11.5 Å². The SMILES string of the molecule is COc1c(-c2ccc(C)cc2)cc2ccccc2c1-c1c(OC)c(-c2ccc(C)cc2)cc2ccccc12. The van der Waals surface area contributed by atoms with E-state index in [9.17, 15) is 0 Å². The fraction of sp³-hybridized carbons (Fsp3) is 0.111. The third-order valence-electron chi connectivity index (χ3n) is 7.39. The van der Waals surface area contributed by atoms with Crippen LogP contribution in [0.15, 0.2) is 109 Å². The number of benzene rings is 6. The Bertz CT molecular complexity index is 1640. The van der Waals surface area contributed by atoms with Crippen molar-refractivity contribution in [1.82, 2.24) is 0 Å². The van der Waals surface area contributed by atoms with Gasteiger partial charge in [-0.1, -0.05) is 108 Å². The van der Waals surface area contributed by atoms with Gasteiger partial charge >= 0.3 is 0 Å². The molecule has 38 heavy (non-hydrogen) atoms. The predicted octanol–water partition coefficient (Wildman–Crippen LogP) is 9.63. The summed E-state index contributed by atoms with van der Waals surface area (Å²) >= 11 is 0. The van der Waals surface area contributed by atoms with E-state index in [2.05, 4.69) is 123 Å². The van der Waals surface area contributed by atoms with Gasteiger partial charge in [0.05, 0.1) is 14.2 Å². The van der Waals surface area contributed by atoms with Gasteiger partial charge in [-0.25, -0.2) is 0 Å². The summed E-state index contributed by atoms with van der Waals surface area (Å²) in [7, 11) is 3.54. The van der Waals surface area contributed by atoms with E-state index in [0.29, 0.717) is 0 Å². The van der Waals surface area contributed by atoms with Crippen LogP contribution in [0.1, 0.15) is 11.1 Å². The Labute approximate surface area is 224 Å². The maximum atomic E-state index is 6.28. The average molecular weight is 495 g/mol. The van der Waals surface area contributed by atoms with Crippen molar-refractivity contribution in [2.75, 3.05) is 14.2 Å². The van der Waals surface area contributed by atoms with Crippen LogP contribution in [0.2, 0.25) is 0 Å². The molecule has 0 saturated heterocycles. The fourth-order valence-corrected chi connectivity index (χ4v) is 5.47. The van der Waals surface area contributed by atoms with Crippen molar-refractivity contribution in [2.24, 2.45) is 0 Å². The first-order chi connectivity index (χ1) is 18.6. The smallest absolute Gasteiger partial charge is 0.135 e. The number of aryl methyl sites for hydroxylation is 2. The molecule has 0 aliphatic heterocycles. The van der Waals surface area contributed by atoms with Crippen LogP contribution in [0.25, 0.3) is 54.9 Å². The average Bonchev–Trinajstić information content (AvgIpc) is 2.96. The molecule has 6 rings (SSSR count). The van der Waals surface area contributed by atoms with Crippen molar-refractivity contribution in [3.8, 4) is 44.9 Å². The summed E-state index contributed by atoms with van der Waals surface area (Å²) in [6, 6.07) is 38.8. The molecule has 0 saturated carbocycles. The highest BCUT2D eigenvalue weighted by Gasteiger charge is 2.24. The minimum Gasteiger partial charge on any atom is -0.495 e. The molecule has 0 unspecified atom stereocenters. The Balaban J connectivity index is 1.79. The molecule has 0 aliphatic rings. The molecule has 0 radical (unpaired) electrons. The van der Waals surface area contributed by atoms with Crippen LogP contribution in [0.3, 0.4) is 0 Å². The molecule has 0 bridgehead atoms. The number of methoxy groups -OCH3 is 2. The third-order valence-corrected chi connectivity index (χ3v) is 7.39. The van der Waals surface area contributed by atoms with Crippen LogP contribution in [0.5, 0.6) is 11.5 Å². The lowest BCUT2D eigenvalue weighted by Crippen LogP contribution is -1.99. The fourth-order valence-electron chi connectivity index (χ4n) is 5.47. The van der Waals surface area contributed by atoms with Crippen LogP contribution in [-0.4, -0.2) is 14.2 Å². The maximum absolute atomic E-state index is 6.28. The van der Waals surface area contributed by atoms with Gasteiger partial charge in [0.2, 0.25) is 0 Å². The van der Waals surface area contributed by atoms with E-state index in [-0.39, 0.29) is 0 Å². The van der Waals surface area contributed by atoms with E-state index >= 15 is 0 Å². The molecule has 0 amide bonds. The second-order valence-electron chi connectivity index (χ2n) is 9.84. The maximum Gasteiger partial charge on any atom is 0.135 e. The Kier molecular flexibility index (Phi) is 6.09. The molecule has 2 heteroatoms. The quantitative estimate of drug-likeness (QED) is 0.237. The zero-order valence-corrected chi connectivity index (χ0v) is 22.2. The number of hydrogen-bond donors (Lipinski definition) is 0. The third kappa shape index (κ3) is 3.99. The summed E-state index contributed by atoms with van der Waals surface area (Å²) in [5.74, 6) is 1.69. The van der Waals surface area contributed by atoms with Crippen molar-refractivity contribution in [3.63, 3.8) is 0 Å². The molecule has 0 spiro atoms. The van der Waals surface area contributed by atoms with Gasteiger partial charge in [-0.15, -0.1) is 0 Å². The lowest BCUT2D eigenvalue weighted by atomic mass is 9.86. The Hall–Kier alpha value is -4.56. The Morgan fingerprint density at radius 1 is 0.447 bits per heavy atom. The Morgan fingerprint density at radius 3 is 1.18 bits per heavy atom. The summed E-state index contributed by atoms with van der Waals surface area (Å²) in [4.78, 5) is 0. The summed E-state index contributed by atoms with van der Waals surface area (Å²) < 4.78 is 12.6. The minimum absolute atomic E-state index is 0.845. The van der Waals surface area contributed by atoms with Crippen LogP contribution < -0.4 is 9.47 Å². The van der Waals surface area contributed by atoms with E-state index in [4.69, 9.17) is 9.47 Å². The molecule has 6 aromatic rings. The topological polar surface area (TPSA) is 18.5 Å². The normalized spacial score (nSPS) is 11.2. The second-order valence-corrected chi connectivity index (χ2v) is 9.84. The van der Waals surface area contributed by atoms with Crippen LogP contribution in [0.4, 0.5) is 0 Å². The molecule has 0 aliphatic carbocycles. The molecule has 0 fully saturated rings. The van der Waals surface area contributed by atoms with Gasteiger partial charge in [0.25, 0.3) is 0 Å². The monoisotopic (exact) mass is 494 g/mol. The first-order valence-corrected chi connectivity index (χ1v) is 12.9. The van der Waals surface area contributed by atoms with Crippen molar-refractivity contribution >= 4 is 21.5 Å². The summed E-state index contributed by atoms with van der Waals surface area (Å²) in [6.45, 7) is 4.22. The highest BCUT2D eigenvalue weighted by molar-refractivity contribution is 6.14. The van der Waals surface area contributed by atoms with Gasteiger partial charge in [0.15, 0.2) is 0 Å². The van der Waals surface area contributed by atoms with Gasteiger partial charge in [0, 0.05) is 22.3 Å². The lowest BCUT2D eigenvalue weighted by molar-refractivity contribution is 0.413. The second kappa shape index (κ2) is 9.72. The number of rotatable bonds is 5. The van der Waals surface area contributed by atoms with E-state index in [1.54, 1.807) is 14.2 Å². The van der Waals surface area contributed by atoms with E-state index in [1.165, 1.54) is 11.1 Å². The zero-order chi connectivity index (χ0) is 26.2. The standard InChI is InChI=1S/C36H30O2/c1-23-13-17-25(18-14-23)31-21-27-9-5-7-11-29(27)33(35(31)37-3)34-30-12-8-6-10-28(30)22-32(36(34)38-4)26-19-15-24(2)16-20-26/h5-22H,1-4H3. The summed E-state index contributed by atoms with van der Waals surface area (Å²) in [5, 5.41) is 4.57. The molecule has 0 heterocycles. The first-order valence-electron chi connectivity index (χ1n) is 12.9. The molecule has 0 atom stereocenters. The highest BCUT2D eigenvalue weighted by atomic mass is 16.5. The molecule has 6 aromatic carbocycles. The summed E-state index contributed by atoms with van der Waals surface area (Å²) in [6.07, 6.45) is 0. The first kappa shape index (κ1) is 23.8. The van der Waals surface area contributed by atoms with Gasteiger partial charge in [-0.3, -0.25) is 0 Å². The van der Waals surface area contributed by atoms with Crippen molar-refractivity contribution in [1.29, 1.82) is 0 Å². The van der Waals surface area contributed by atoms with Crippen molar-refractivity contribution in [2.45, 2.75) is 13.8 Å². The zero-order valence-electron chi connectivity index (χ0n) is 22.2. The molecule has 0 aromatic heterocycles. The van der Waals surface area contributed by atoms with E-state index in [1.807, 2.05) is 0 Å². The molecule has 186 valence electrons. The van der Waals surface area contributed by atoms with E-state index < -0.39 is 0 Å². The van der Waals surface area contributed by atoms with Gasteiger partial charge in [-0.2, -0.15) is 0 Å². The van der Waals surface area contributed by atoms with Crippen molar-refractivity contribution < 1.29 is 9.47 Å². The highest BCUT2D eigenvalue weighted by Crippen LogP contribution is 2.52. The van der Waals surface area contributed by atoms with Gasteiger partial charge < -0.3 is 9.47 Å². The Morgan fingerprint density at radius 2 is 0.816 bits per heavy atom. The van der Waals surface area contributed by atoms with Crippen LogP contribution in [0, 0.1) is 13.8 Å². The number of hydrogen-bond acceptors (Lipinski definition) is 2. The minimum atomic E-state index is 0.845. The molecular weight excluding hydrogens is 464 g/mol. The summed E-state index contributed by atoms with van der Waals surface area (Å²) in [5.41, 5.74) is 8.92.